The first-order valence-corrected chi connectivity index (χ1v) is 10.5. The summed E-state index contributed by atoms with van der Waals surface area (Å²) in [5.74, 6) is -2.95. The highest BCUT2D eigenvalue weighted by molar-refractivity contribution is 5.96. The molecule has 8 heteroatoms. The zero-order valence-electron chi connectivity index (χ0n) is 17.4. The Labute approximate surface area is 183 Å². The van der Waals surface area contributed by atoms with Gasteiger partial charge in [0.25, 0.3) is 5.91 Å². The van der Waals surface area contributed by atoms with Gasteiger partial charge in [0.2, 0.25) is 5.43 Å². The van der Waals surface area contributed by atoms with Crippen molar-refractivity contribution in [2.24, 2.45) is 0 Å². The molecule has 1 amide bonds. The Balaban J connectivity index is 1.81. The number of amides is 1. The number of fused-ring (bicyclic) bond motifs is 2. The molecular formula is C24H21F2N3O3. The van der Waals surface area contributed by atoms with Gasteiger partial charge in [0.15, 0.2) is 23.1 Å². The minimum atomic E-state index is -0.940. The molecular weight excluding hydrogens is 416 g/mol. The number of methoxy groups -OCH3 is 1. The Kier molecular flexibility index (Phi) is 5.00. The quantitative estimate of drug-likeness (QED) is 0.627. The van der Waals surface area contributed by atoms with Crippen LogP contribution >= 0.6 is 0 Å². The average molecular weight is 437 g/mol. The number of hydrogen-bond donors (Lipinski definition) is 0. The lowest BCUT2D eigenvalue weighted by Crippen LogP contribution is -2.51. The minimum Gasteiger partial charge on any atom is -0.491 e. The number of hydrogen-bond acceptors (Lipinski definition) is 4. The first-order chi connectivity index (χ1) is 15.5. The molecule has 0 N–H and O–H groups in total. The molecule has 1 fully saturated rings. The molecule has 0 saturated carbocycles. The van der Waals surface area contributed by atoms with Gasteiger partial charge in [-0.15, -0.1) is 0 Å². The van der Waals surface area contributed by atoms with Crippen molar-refractivity contribution in [1.82, 2.24) is 14.7 Å². The number of nitrogens with zero attached hydrogens (tertiary/aromatic N) is 3. The molecule has 32 heavy (non-hydrogen) atoms. The van der Waals surface area contributed by atoms with Crippen LogP contribution in [-0.2, 0) is 0 Å². The molecule has 2 aliphatic heterocycles. The fraction of sp³-hybridized carbons (Fsp3) is 0.292. The summed E-state index contributed by atoms with van der Waals surface area (Å²) in [6, 6.07) is 12.5. The summed E-state index contributed by atoms with van der Waals surface area (Å²) in [5, 5.41) is 4.30. The molecule has 164 valence electrons. The molecule has 2 aliphatic rings. The maximum atomic E-state index is 15.1. The number of halogens is 2. The molecule has 1 aromatic heterocycles. The molecule has 0 unspecified atom stereocenters. The largest absolute Gasteiger partial charge is 0.491 e. The van der Waals surface area contributed by atoms with E-state index in [4.69, 9.17) is 4.74 Å². The zero-order chi connectivity index (χ0) is 22.4. The lowest BCUT2D eigenvalue weighted by molar-refractivity contribution is 0.0563. The molecule has 3 heterocycles. The topological polar surface area (TPSA) is 64.4 Å². The van der Waals surface area contributed by atoms with Crippen molar-refractivity contribution < 1.29 is 18.3 Å². The lowest BCUT2D eigenvalue weighted by Gasteiger charge is -2.42. The Morgan fingerprint density at radius 3 is 2.62 bits per heavy atom. The van der Waals surface area contributed by atoms with Gasteiger partial charge in [-0.25, -0.2) is 8.78 Å². The van der Waals surface area contributed by atoms with Crippen molar-refractivity contribution in [3.63, 3.8) is 0 Å². The Bertz CT molecular complexity index is 1240. The first-order valence-electron chi connectivity index (χ1n) is 10.5. The van der Waals surface area contributed by atoms with Crippen LogP contribution in [0.4, 0.5) is 8.78 Å². The number of carbonyl (C=O) groups is 1. The van der Waals surface area contributed by atoms with E-state index >= 15 is 4.39 Å². The normalized spacial score (nSPS) is 20.6. The molecule has 1 saturated heterocycles. The molecule has 3 aromatic rings. The molecule has 5 rings (SSSR count). The van der Waals surface area contributed by atoms with Gasteiger partial charge in [0.05, 0.1) is 25.4 Å². The minimum absolute atomic E-state index is 0.0425. The molecule has 0 bridgehead atoms. The van der Waals surface area contributed by atoms with E-state index in [0.717, 1.165) is 24.2 Å². The van der Waals surface area contributed by atoms with Crippen molar-refractivity contribution >= 4 is 5.91 Å². The van der Waals surface area contributed by atoms with Crippen LogP contribution in [0.25, 0.3) is 0 Å². The molecule has 6 nitrogen and oxygen atoms in total. The second-order valence-electron chi connectivity index (χ2n) is 8.07. The van der Waals surface area contributed by atoms with E-state index in [1.807, 2.05) is 30.3 Å². The van der Waals surface area contributed by atoms with Crippen LogP contribution < -0.4 is 10.2 Å². The lowest BCUT2D eigenvalue weighted by atomic mass is 9.79. The molecule has 0 aliphatic carbocycles. The SMILES string of the molecule is COc1c2n(ncc1=O)[C@@H]([C@H](c1ccccc1)c1cccc(F)c1F)[C@H]1CCCN1C2=O. The van der Waals surface area contributed by atoms with Crippen LogP contribution in [0.1, 0.15) is 46.4 Å². The predicted molar refractivity (Wildman–Crippen MR) is 113 cm³/mol. The molecule has 3 atom stereocenters. The Hall–Kier alpha value is -3.55. The van der Waals surface area contributed by atoms with E-state index in [9.17, 15) is 14.0 Å². The summed E-state index contributed by atoms with van der Waals surface area (Å²) in [6.07, 6.45) is 2.56. The van der Waals surface area contributed by atoms with Crippen LogP contribution in [0.5, 0.6) is 5.75 Å². The third-order valence-corrected chi connectivity index (χ3v) is 6.43. The summed E-state index contributed by atoms with van der Waals surface area (Å²) in [7, 11) is 1.33. The third kappa shape index (κ3) is 3.01. The summed E-state index contributed by atoms with van der Waals surface area (Å²) >= 11 is 0. The summed E-state index contributed by atoms with van der Waals surface area (Å²) < 4.78 is 36.2. The van der Waals surface area contributed by atoms with Gasteiger partial charge >= 0.3 is 0 Å². The van der Waals surface area contributed by atoms with Crippen molar-refractivity contribution in [3.05, 3.63) is 93.4 Å². The smallest absolute Gasteiger partial charge is 0.276 e. The average Bonchev–Trinajstić information content (AvgIpc) is 3.30. The Morgan fingerprint density at radius 1 is 1.09 bits per heavy atom. The van der Waals surface area contributed by atoms with E-state index in [2.05, 4.69) is 5.10 Å². The fourth-order valence-corrected chi connectivity index (χ4v) is 5.11. The molecule has 2 aromatic carbocycles. The highest BCUT2D eigenvalue weighted by Crippen LogP contribution is 2.46. The third-order valence-electron chi connectivity index (χ3n) is 6.43. The van der Waals surface area contributed by atoms with Gasteiger partial charge in [-0.2, -0.15) is 5.10 Å². The van der Waals surface area contributed by atoms with E-state index in [1.165, 1.54) is 17.9 Å². The highest BCUT2D eigenvalue weighted by Gasteiger charge is 2.48. The summed E-state index contributed by atoms with van der Waals surface area (Å²) in [4.78, 5) is 27.4. The van der Waals surface area contributed by atoms with Crippen LogP contribution in [-0.4, -0.2) is 40.3 Å². The van der Waals surface area contributed by atoms with E-state index < -0.39 is 29.0 Å². The number of rotatable bonds is 4. The van der Waals surface area contributed by atoms with E-state index in [1.54, 1.807) is 11.0 Å². The van der Waals surface area contributed by atoms with Gasteiger partial charge in [0, 0.05) is 18.0 Å². The van der Waals surface area contributed by atoms with Crippen LogP contribution in [0.3, 0.4) is 0 Å². The fourth-order valence-electron chi connectivity index (χ4n) is 5.11. The molecule has 0 spiro atoms. The second-order valence-corrected chi connectivity index (χ2v) is 8.07. The number of benzene rings is 2. The van der Waals surface area contributed by atoms with Crippen LogP contribution in [0.15, 0.2) is 59.5 Å². The summed E-state index contributed by atoms with van der Waals surface area (Å²) in [6.45, 7) is 0.513. The number of aromatic nitrogens is 2. The number of carbonyl (C=O) groups excluding carboxylic acids is 1. The van der Waals surface area contributed by atoms with Crippen molar-refractivity contribution in [1.29, 1.82) is 0 Å². The van der Waals surface area contributed by atoms with Crippen molar-refractivity contribution in [2.75, 3.05) is 13.7 Å². The standard InChI is InChI=1S/C24H21F2N3O3/c1-32-23-18(30)13-27-29-21(17-11-6-12-28(17)24(31)22(23)29)19(14-7-3-2-4-8-14)15-9-5-10-16(25)20(15)26/h2-5,7-10,13,17,19,21H,6,11-12H2,1H3/t17-,19-,21-/m1/s1. The van der Waals surface area contributed by atoms with Gasteiger partial charge in [-0.1, -0.05) is 42.5 Å². The zero-order valence-corrected chi connectivity index (χ0v) is 17.4. The van der Waals surface area contributed by atoms with E-state index in [-0.39, 0.29) is 29.0 Å². The predicted octanol–water partition coefficient (Wildman–Crippen LogP) is 3.52. The maximum Gasteiger partial charge on any atom is 0.276 e. The van der Waals surface area contributed by atoms with Gasteiger partial charge in [-0.3, -0.25) is 14.3 Å². The summed E-state index contributed by atoms with van der Waals surface area (Å²) in [5.41, 5.74) is 0.471. The van der Waals surface area contributed by atoms with Crippen LogP contribution in [0.2, 0.25) is 0 Å². The van der Waals surface area contributed by atoms with Gasteiger partial charge < -0.3 is 9.64 Å². The van der Waals surface area contributed by atoms with Crippen LogP contribution in [0, 0.1) is 11.6 Å². The second kappa shape index (κ2) is 7.85. The van der Waals surface area contributed by atoms with Gasteiger partial charge in [0.1, 0.15) is 0 Å². The first kappa shape index (κ1) is 20.4. The molecule has 0 radical (unpaired) electrons. The number of ether oxygens (including phenoxy) is 1. The monoisotopic (exact) mass is 437 g/mol. The van der Waals surface area contributed by atoms with Crippen molar-refractivity contribution in [3.8, 4) is 5.75 Å². The highest BCUT2D eigenvalue weighted by atomic mass is 19.2. The van der Waals surface area contributed by atoms with E-state index in [0.29, 0.717) is 13.0 Å². The van der Waals surface area contributed by atoms with Gasteiger partial charge in [-0.05, 0) is 24.5 Å². The Morgan fingerprint density at radius 2 is 1.88 bits per heavy atom. The van der Waals surface area contributed by atoms with Crippen molar-refractivity contribution in [2.45, 2.75) is 30.8 Å². The maximum absolute atomic E-state index is 15.1.